The maximum Gasteiger partial charge on any atom is 0.410 e. The second-order valence-corrected chi connectivity index (χ2v) is 6.24. The standard InChI is InChI=1S/C14H24N6O5/c21-7-11-13(23)12(22)10(17-11)6-20-9(5-16-18-20)8-25-14(24)19-3-1-15-2-4-19/h5,10-13,15,17,21-23H,1-4,6-8H2/t10-,11-,12-,13-/m1/s1. The minimum Gasteiger partial charge on any atom is -0.443 e. The van der Waals surface area contributed by atoms with Crippen molar-refractivity contribution in [2.24, 2.45) is 0 Å². The molecule has 140 valence electrons. The predicted molar refractivity (Wildman–Crippen MR) is 84.5 cm³/mol. The lowest BCUT2D eigenvalue weighted by Gasteiger charge is -2.26. The second kappa shape index (κ2) is 8.06. The minimum atomic E-state index is -1.05. The molecule has 3 heterocycles. The van der Waals surface area contributed by atoms with Gasteiger partial charge >= 0.3 is 6.09 Å². The Bertz CT molecular complexity index is 578. The normalized spacial score (nSPS) is 29.8. The van der Waals surface area contributed by atoms with Gasteiger partial charge in [-0.2, -0.15) is 0 Å². The number of aromatic nitrogens is 3. The maximum atomic E-state index is 12.0. The number of nitrogens with one attached hydrogen (secondary N) is 2. The van der Waals surface area contributed by atoms with Crippen LogP contribution in [-0.2, 0) is 17.9 Å². The summed E-state index contributed by atoms with van der Waals surface area (Å²) >= 11 is 0. The number of aliphatic hydroxyl groups is 3. The van der Waals surface area contributed by atoms with E-state index in [1.54, 1.807) is 4.90 Å². The SMILES string of the molecule is O=C(OCc1cnnn1C[C@H]1N[C@H](CO)[C@@H](O)[C@@H]1O)N1CCNCC1. The summed E-state index contributed by atoms with van der Waals surface area (Å²) in [6.07, 6.45) is -0.971. The molecule has 1 aromatic heterocycles. The highest BCUT2D eigenvalue weighted by atomic mass is 16.6. The highest BCUT2D eigenvalue weighted by molar-refractivity contribution is 5.67. The number of carbonyl (C=O) groups excluding carboxylic acids is 1. The van der Waals surface area contributed by atoms with E-state index in [2.05, 4.69) is 20.9 Å². The third-order valence-electron chi connectivity index (χ3n) is 4.59. The van der Waals surface area contributed by atoms with E-state index in [-0.39, 0.29) is 25.9 Å². The number of hydrogen-bond donors (Lipinski definition) is 5. The van der Waals surface area contributed by atoms with Crippen LogP contribution in [0.4, 0.5) is 4.79 Å². The molecule has 0 bridgehead atoms. The first-order chi connectivity index (χ1) is 12.1. The topological polar surface area (TPSA) is 145 Å². The van der Waals surface area contributed by atoms with Gasteiger partial charge in [-0.05, 0) is 0 Å². The first-order valence-corrected chi connectivity index (χ1v) is 8.33. The van der Waals surface area contributed by atoms with Gasteiger partial charge in [0.2, 0.25) is 0 Å². The Morgan fingerprint density at radius 2 is 2.00 bits per heavy atom. The first kappa shape index (κ1) is 18.0. The Morgan fingerprint density at radius 3 is 2.68 bits per heavy atom. The summed E-state index contributed by atoms with van der Waals surface area (Å²) in [7, 11) is 0. The molecule has 2 fully saturated rings. The van der Waals surface area contributed by atoms with Crippen LogP contribution in [0.5, 0.6) is 0 Å². The molecule has 4 atom stereocenters. The van der Waals surface area contributed by atoms with E-state index in [0.29, 0.717) is 18.8 Å². The van der Waals surface area contributed by atoms with E-state index in [4.69, 9.17) is 4.74 Å². The van der Waals surface area contributed by atoms with Crippen molar-refractivity contribution in [1.82, 2.24) is 30.5 Å². The van der Waals surface area contributed by atoms with Crippen molar-refractivity contribution in [3.05, 3.63) is 11.9 Å². The van der Waals surface area contributed by atoms with Crippen molar-refractivity contribution in [3.63, 3.8) is 0 Å². The number of aliphatic hydroxyl groups excluding tert-OH is 3. The Labute approximate surface area is 144 Å². The molecule has 2 aliphatic rings. The molecule has 1 aromatic rings. The van der Waals surface area contributed by atoms with Crippen LogP contribution in [0, 0.1) is 0 Å². The van der Waals surface area contributed by atoms with E-state index in [0.717, 1.165) is 13.1 Å². The molecule has 0 spiro atoms. The van der Waals surface area contributed by atoms with Gasteiger partial charge in [0.05, 0.1) is 49.3 Å². The molecule has 2 aliphatic heterocycles. The Hall–Kier alpha value is -1.79. The van der Waals surface area contributed by atoms with Crippen LogP contribution < -0.4 is 10.6 Å². The van der Waals surface area contributed by atoms with Gasteiger partial charge in [-0.15, -0.1) is 5.10 Å². The van der Waals surface area contributed by atoms with E-state index in [9.17, 15) is 20.1 Å². The van der Waals surface area contributed by atoms with Gasteiger partial charge < -0.3 is 35.6 Å². The number of rotatable bonds is 5. The van der Waals surface area contributed by atoms with Crippen molar-refractivity contribution in [1.29, 1.82) is 0 Å². The van der Waals surface area contributed by atoms with E-state index in [1.165, 1.54) is 10.9 Å². The monoisotopic (exact) mass is 356 g/mol. The molecule has 1 amide bonds. The van der Waals surface area contributed by atoms with Crippen molar-refractivity contribution < 1.29 is 24.9 Å². The molecule has 0 radical (unpaired) electrons. The van der Waals surface area contributed by atoms with Crippen LogP contribution in [-0.4, -0.2) is 98.4 Å². The minimum absolute atomic E-state index is 0.0184. The molecular weight excluding hydrogens is 332 g/mol. The van der Waals surface area contributed by atoms with Gasteiger partial charge in [-0.3, -0.25) is 0 Å². The number of nitrogens with zero attached hydrogens (tertiary/aromatic N) is 4. The zero-order valence-corrected chi connectivity index (χ0v) is 13.8. The fourth-order valence-electron chi connectivity index (χ4n) is 3.07. The van der Waals surface area contributed by atoms with Gasteiger partial charge in [0, 0.05) is 26.2 Å². The summed E-state index contributed by atoms with van der Waals surface area (Å²) in [5.41, 5.74) is 0.583. The average molecular weight is 356 g/mol. The van der Waals surface area contributed by atoms with Crippen LogP contribution in [0.15, 0.2) is 6.20 Å². The van der Waals surface area contributed by atoms with Crippen molar-refractivity contribution in [3.8, 4) is 0 Å². The quantitative estimate of drug-likeness (QED) is 0.370. The third kappa shape index (κ3) is 4.07. The summed E-state index contributed by atoms with van der Waals surface area (Å²) in [6.45, 7) is 2.67. The molecule has 0 saturated carbocycles. The van der Waals surface area contributed by atoms with Gasteiger partial charge in [0.1, 0.15) is 6.61 Å². The van der Waals surface area contributed by atoms with Crippen molar-refractivity contribution >= 4 is 6.09 Å². The maximum absolute atomic E-state index is 12.0. The summed E-state index contributed by atoms with van der Waals surface area (Å²) < 4.78 is 6.82. The summed E-state index contributed by atoms with van der Waals surface area (Å²) in [4.78, 5) is 13.7. The lowest BCUT2D eigenvalue weighted by Crippen LogP contribution is -2.46. The van der Waals surface area contributed by atoms with Crippen molar-refractivity contribution in [2.45, 2.75) is 37.4 Å². The van der Waals surface area contributed by atoms with Gasteiger partial charge in [-0.25, -0.2) is 9.48 Å². The highest BCUT2D eigenvalue weighted by Gasteiger charge is 2.40. The molecule has 11 nitrogen and oxygen atoms in total. The molecule has 11 heteroatoms. The number of amides is 1. The second-order valence-electron chi connectivity index (χ2n) is 6.24. The Balaban J connectivity index is 1.55. The zero-order chi connectivity index (χ0) is 17.8. The number of carbonyl (C=O) groups is 1. The molecule has 0 unspecified atom stereocenters. The fourth-order valence-corrected chi connectivity index (χ4v) is 3.07. The van der Waals surface area contributed by atoms with Crippen LogP contribution in [0.1, 0.15) is 5.69 Å². The third-order valence-corrected chi connectivity index (χ3v) is 4.59. The molecule has 0 aromatic carbocycles. The largest absolute Gasteiger partial charge is 0.443 e. The molecular formula is C14H24N6O5. The summed E-state index contributed by atoms with van der Waals surface area (Å²) in [5.74, 6) is 0. The van der Waals surface area contributed by atoms with Crippen LogP contribution in [0.2, 0.25) is 0 Å². The summed E-state index contributed by atoms with van der Waals surface area (Å²) in [6, 6.07) is -1.08. The van der Waals surface area contributed by atoms with Gasteiger partial charge in [-0.1, -0.05) is 5.21 Å². The zero-order valence-electron chi connectivity index (χ0n) is 13.8. The predicted octanol–water partition coefficient (Wildman–Crippen LogP) is -3.13. The van der Waals surface area contributed by atoms with Crippen LogP contribution >= 0.6 is 0 Å². The smallest absolute Gasteiger partial charge is 0.410 e. The van der Waals surface area contributed by atoms with E-state index >= 15 is 0 Å². The summed E-state index contributed by atoms with van der Waals surface area (Å²) in [5, 5.41) is 43.0. The van der Waals surface area contributed by atoms with Crippen LogP contribution in [0.3, 0.4) is 0 Å². The lowest BCUT2D eigenvalue weighted by molar-refractivity contribution is 0.0173. The molecule has 0 aliphatic carbocycles. The Morgan fingerprint density at radius 1 is 1.28 bits per heavy atom. The number of ether oxygens (including phenoxy) is 1. The lowest BCUT2D eigenvalue weighted by atomic mass is 10.1. The Kier molecular flexibility index (Phi) is 5.81. The highest BCUT2D eigenvalue weighted by Crippen LogP contribution is 2.16. The van der Waals surface area contributed by atoms with Gasteiger partial charge in [0.15, 0.2) is 0 Å². The van der Waals surface area contributed by atoms with E-state index < -0.39 is 24.3 Å². The fraction of sp³-hybridized carbons (Fsp3) is 0.786. The molecule has 3 rings (SSSR count). The molecule has 25 heavy (non-hydrogen) atoms. The van der Waals surface area contributed by atoms with E-state index in [1.807, 2.05) is 0 Å². The molecule has 2 saturated heterocycles. The first-order valence-electron chi connectivity index (χ1n) is 8.33. The molecule has 5 N–H and O–H groups in total. The number of hydrogen-bond acceptors (Lipinski definition) is 9. The number of piperazine rings is 1. The van der Waals surface area contributed by atoms with Gasteiger partial charge in [0.25, 0.3) is 0 Å². The average Bonchev–Trinajstić information content (AvgIpc) is 3.19. The van der Waals surface area contributed by atoms with Crippen LogP contribution in [0.25, 0.3) is 0 Å². The van der Waals surface area contributed by atoms with Crippen molar-refractivity contribution in [2.75, 3.05) is 32.8 Å².